The number of rotatable bonds is 10. The second-order valence-corrected chi connectivity index (χ2v) is 12.2. The number of nitrogens with zero attached hydrogens (tertiary/aromatic N) is 2. The van der Waals surface area contributed by atoms with Crippen molar-refractivity contribution in [1.29, 1.82) is 0 Å². The summed E-state index contributed by atoms with van der Waals surface area (Å²) in [5, 5.41) is 3.26. The van der Waals surface area contributed by atoms with Crippen LogP contribution in [0.3, 0.4) is 0 Å². The number of halogens is 2. The number of likely N-dealkylation sites (tertiary alicyclic amines) is 1. The molecule has 0 unspecified atom stereocenters. The number of piperidine rings is 1. The number of anilines is 1. The van der Waals surface area contributed by atoms with Gasteiger partial charge in [-0.2, -0.15) is 4.72 Å². The minimum absolute atomic E-state index is 0.0108. The molecule has 2 aliphatic rings. The Morgan fingerprint density at radius 1 is 1.28 bits per heavy atom. The lowest BCUT2D eigenvalue weighted by Gasteiger charge is -2.35. The first-order valence-electron chi connectivity index (χ1n) is 12.4. The molecule has 0 aromatic heterocycles. The Labute approximate surface area is 212 Å². The first kappa shape index (κ1) is 28.1. The van der Waals surface area contributed by atoms with Crippen molar-refractivity contribution in [3.8, 4) is 0 Å². The summed E-state index contributed by atoms with van der Waals surface area (Å²) in [7, 11) is -4.05. The number of nitrogens with one attached hydrogen (secondary N) is 2. The van der Waals surface area contributed by atoms with Crippen LogP contribution in [0.25, 0.3) is 0 Å². The number of hydrogen-bond donors (Lipinski definition) is 4. The molecule has 6 N–H and O–H groups in total. The zero-order valence-electron chi connectivity index (χ0n) is 21.0. The van der Waals surface area contributed by atoms with E-state index < -0.39 is 22.5 Å². The van der Waals surface area contributed by atoms with Crippen molar-refractivity contribution in [3.63, 3.8) is 0 Å². The Balaban J connectivity index is 1.78. The topological polar surface area (TPSA) is 143 Å². The fourth-order valence-corrected chi connectivity index (χ4v) is 6.35. The average Bonchev–Trinajstić information content (AvgIpc) is 2.79. The molecule has 9 nitrogen and oxygen atoms in total. The van der Waals surface area contributed by atoms with Gasteiger partial charge in [0.2, 0.25) is 22.4 Å². The Hall–Kier alpha value is -2.47. The predicted octanol–water partition coefficient (Wildman–Crippen LogP) is 2.28. The third-order valence-electron chi connectivity index (χ3n) is 6.79. The molecule has 3 rings (SSSR count). The molecule has 36 heavy (non-hydrogen) atoms. The minimum Gasteiger partial charge on any atom is -0.383 e. The van der Waals surface area contributed by atoms with Crippen LogP contribution in [-0.4, -0.2) is 63.8 Å². The Bertz CT molecular complexity index is 1050. The molecule has 0 aliphatic carbocycles. The molecule has 12 heteroatoms. The largest absolute Gasteiger partial charge is 0.383 e. The highest BCUT2D eigenvalue weighted by Gasteiger charge is 2.34. The number of carbonyl (C=O) groups is 1. The van der Waals surface area contributed by atoms with Gasteiger partial charge in [0.1, 0.15) is 10.9 Å². The first-order valence-corrected chi connectivity index (χ1v) is 13.9. The molecule has 1 atom stereocenters. The summed E-state index contributed by atoms with van der Waals surface area (Å²) in [6.07, 6.45) is -0.306. The van der Waals surface area contributed by atoms with Crippen LogP contribution in [0.2, 0.25) is 0 Å². The van der Waals surface area contributed by atoms with Crippen LogP contribution < -0.4 is 21.5 Å². The average molecular weight is 529 g/mol. The van der Waals surface area contributed by atoms with Crippen molar-refractivity contribution in [1.82, 2.24) is 9.62 Å². The number of sulfonamides is 1. The van der Waals surface area contributed by atoms with Gasteiger partial charge in [-0.15, -0.1) is 0 Å². The van der Waals surface area contributed by atoms with Gasteiger partial charge in [-0.3, -0.25) is 9.79 Å². The summed E-state index contributed by atoms with van der Waals surface area (Å²) in [6.45, 7) is 5.73. The molecule has 1 saturated heterocycles. The van der Waals surface area contributed by atoms with E-state index in [0.29, 0.717) is 44.6 Å². The van der Waals surface area contributed by atoms with Gasteiger partial charge in [0.25, 0.3) is 0 Å². The second kappa shape index (κ2) is 11.7. The summed E-state index contributed by atoms with van der Waals surface area (Å²) >= 11 is 0. The molecule has 0 radical (unpaired) electrons. The van der Waals surface area contributed by atoms with Crippen molar-refractivity contribution in [3.05, 3.63) is 23.8 Å². The van der Waals surface area contributed by atoms with Crippen molar-refractivity contribution < 1.29 is 22.0 Å². The molecule has 0 spiro atoms. The maximum atomic E-state index is 13.5. The van der Waals surface area contributed by atoms with Crippen molar-refractivity contribution >= 4 is 27.6 Å². The number of aliphatic imine (C=N–C) groups is 1. The van der Waals surface area contributed by atoms with E-state index in [1.165, 1.54) is 6.07 Å². The third-order valence-corrected chi connectivity index (χ3v) is 8.31. The number of amides is 1. The molecule has 1 aromatic carbocycles. The highest BCUT2D eigenvalue weighted by molar-refractivity contribution is 7.89. The van der Waals surface area contributed by atoms with Crippen molar-refractivity contribution in [2.24, 2.45) is 27.8 Å². The highest BCUT2D eigenvalue weighted by Crippen LogP contribution is 2.36. The number of hydrogen-bond acceptors (Lipinski definition) is 5. The minimum atomic E-state index is -4.05. The van der Waals surface area contributed by atoms with Gasteiger partial charge in [-0.25, -0.2) is 17.2 Å². The number of guanidine groups is 1. The van der Waals surface area contributed by atoms with Crippen LogP contribution in [0, 0.1) is 11.3 Å². The van der Waals surface area contributed by atoms with E-state index in [0.717, 1.165) is 12.0 Å². The lowest BCUT2D eigenvalue weighted by atomic mass is 9.82. The van der Waals surface area contributed by atoms with Crippen LogP contribution in [0.4, 0.5) is 14.5 Å². The van der Waals surface area contributed by atoms with Gasteiger partial charge < -0.3 is 21.7 Å². The summed E-state index contributed by atoms with van der Waals surface area (Å²) in [4.78, 5) is 19.0. The maximum absolute atomic E-state index is 13.5. The number of benzene rings is 1. The van der Waals surface area contributed by atoms with Crippen LogP contribution in [0.1, 0.15) is 51.5 Å². The highest BCUT2D eigenvalue weighted by atomic mass is 32.2. The lowest BCUT2D eigenvalue weighted by Crippen LogP contribution is -2.51. The SMILES string of the molecule is CC1(C)CNc2c(cccc2S(=O)(=O)N[C@@H](CCCN=C(N)N)C(=O)N2CCC(CC(F)F)CC2)C1. The summed E-state index contributed by atoms with van der Waals surface area (Å²) in [5.74, 6) is -0.584. The summed E-state index contributed by atoms with van der Waals surface area (Å²) in [6, 6.07) is 4.12. The van der Waals surface area contributed by atoms with Crippen molar-refractivity contribution in [2.75, 3.05) is 31.5 Å². The second-order valence-electron chi connectivity index (χ2n) is 10.5. The first-order chi connectivity index (χ1) is 16.9. The monoisotopic (exact) mass is 528 g/mol. The maximum Gasteiger partial charge on any atom is 0.243 e. The van der Waals surface area contributed by atoms with Gasteiger partial charge in [-0.05, 0) is 55.1 Å². The number of fused-ring (bicyclic) bond motifs is 1. The van der Waals surface area contributed by atoms with Gasteiger partial charge >= 0.3 is 0 Å². The molecule has 202 valence electrons. The fraction of sp³-hybridized carbons (Fsp3) is 0.667. The van der Waals surface area contributed by atoms with E-state index in [1.807, 2.05) is 6.07 Å². The summed E-state index contributed by atoms with van der Waals surface area (Å²) in [5.41, 5.74) is 12.2. The van der Waals surface area contributed by atoms with Crippen LogP contribution in [-0.2, 0) is 21.2 Å². The van der Waals surface area contributed by atoms with Gasteiger partial charge in [0, 0.05) is 32.6 Å². The normalized spacial score (nSPS) is 18.9. The van der Waals surface area contributed by atoms with Gasteiger partial charge in [0.05, 0.1) is 5.69 Å². The zero-order valence-corrected chi connectivity index (χ0v) is 21.8. The molecule has 1 fully saturated rings. The molecule has 2 heterocycles. The van der Waals surface area contributed by atoms with E-state index in [9.17, 15) is 22.0 Å². The van der Waals surface area contributed by atoms with E-state index in [-0.39, 0.29) is 47.5 Å². The van der Waals surface area contributed by atoms with Crippen molar-refractivity contribution in [2.45, 2.75) is 69.7 Å². The third kappa shape index (κ3) is 7.52. The predicted molar refractivity (Wildman–Crippen MR) is 136 cm³/mol. The zero-order chi connectivity index (χ0) is 26.5. The van der Waals surface area contributed by atoms with E-state index >= 15 is 0 Å². The van der Waals surface area contributed by atoms with Crippen LogP contribution in [0.15, 0.2) is 28.1 Å². The molecular formula is C24H38F2N6O3S. The quantitative estimate of drug-likeness (QED) is 0.208. The molecule has 2 aliphatic heterocycles. The van der Waals surface area contributed by atoms with Gasteiger partial charge in [0.15, 0.2) is 5.96 Å². The molecule has 0 bridgehead atoms. The number of alkyl halides is 2. The number of para-hydroxylation sites is 1. The van der Waals surface area contributed by atoms with E-state index in [1.54, 1.807) is 11.0 Å². The smallest absolute Gasteiger partial charge is 0.243 e. The van der Waals surface area contributed by atoms with E-state index in [2.05, 4.69) is 28.9 Å². The van der Waals surface area contributed by atoms with E-state index in [4.69, 9.17) is 11.5 Å². The fourth-order valence-electron chi connectivity index (χ4n) is 4.90. The number of carbonyl (C=O) groups excluding carboxylic acids is 1. The Kier molecular flexibility index (Phi) is 9.15. The Morgan fingerprint density at radius 2 is 1.97 bits per heavy atom. The Morgan fingerprint density at radius 3 is 2.61 bits per heavy atom. The van der Waals surface area contributed by atoms with Crippen LogP contribution >= 0.6 is 0 Å². The molecule has 0 saturated carbocycles. The van der Waals surface area contributed by atoms with Gasteiger partial charge in [-0.1, -0.05) is 26.0 Å². The number of nitrogens with two attached hydrogens (primary N) is 2. The lowest BCUT2D eigenvalue weighted by molar-refractivity contribution is -0.134. The molecule has 1 aromatic rings. The molecular weight excluding hydrogens is 490 g/mol. The molecule has 1 amide bonds. The standard InChI is InChI=1S/C24H38F2N6O3S/c1-24(2)14-17-5-3-7-19(21(17)30-15-24)36(34,35)31-18(6-4-10-29-23(27)28)22(33)32-11-8-16(9-12-32)13-20(25)26/h3,5,7,16,18,20,30-31H,4,6,8-15H2,1-2H3,(H4,27,28,29)/t18-/m0/s1. The van der Waals surface area contributed by atoms with Crippen LogP contribution in [0.5, 0.6) is 0 Å². The summed E-state index contributed by atoms with van der Waals surface area (Å²) < 4.78 is 55.1.